The topological polar surface area (TPSA) is 74.7 Å². The van der Waals surface area contributed by atoms with Crippen LogP contribution in [0.25, 0.3) is 0 Å². The maximum Gasteiger partial charge on any atom is 0.316 e. The molecule has 19 heavy (non-hydrogen) atoms. The Balaban J connectivity index is 2.03. The zero-order valence-electron chi connectivity index (χ0n) is 11.0. The van der Waals surface area contributed by atoms with Crippen molar-refractivity contribution < 1.29 is 19.5 Å². The zero-order chi connectivity index (χ0) is 14.0. The van der Waals surface area contributed by atoms with Gasteiger partial charge in [-0.1, -0.05) is 19.8 Å². The molecule has 2 amide bonds. The lowest BCUT2D eigenvalue weighted by Gasteiger charge is -2.22. The van der Waals surface area contributed by atoms with Crippen LogP contribution in [0.15, 0.2) is 0 Å². The van der Waals surface area contributed by atoms with E-state index in [9.17, 15) is 14.4 Å². The van der Waals surface area contributed by atoms with Gasteiger partial charge < -0.3 is 5.11 Å². The van der Waals surface area contributed by atoms with Crippen LogP contribution < -0.4 is 0 Å². The van der Waals surface area contributed by atoms with Gasteiger partial charge in [0.1, 0.15) is 5.25 Å². The van der Waals surface area contributed by atoms with Crippen LogP contribution in [0.5, 0.6) is 0 Å². The maximum atomic E-state index is 12.3. The molecule has 0 aromatic rings. The van der Waals surface area contributed by atoms with Gasteiger partial charge in [-0.05, 0) is 19.3 Å². The first kappa shape index (κ1) is 14.4. The molecule has 1 saturated heterocycles. The zero-order valence-corrected chi connectivity index (χ0v) is 11.8. The van der Waals surface area contributed by atoms with Crippen molar-refractivity contribution in [2.24, 2.45) is 0 Å². The Hall–Kier alpha value is -1.04. The van der Waals surface area contributed by atoms with Crippen molar-refractivity contribution in [1.29, 1.82) is 0 Å². The molecule has 106 valence electrons. The number of amides is 2. The van der Waals surface area contributed by atoms with Crippen LogP contribution in [0.2, 0.25) is 0 Å². The van der Waals surface area contributed by atoms with Crippen LogP contribution >= 0.6 is 11.8 Å². The number of likely N-dealkylation sites (tertiary alicyclic amines) is 1. The average molecular weight is 285 g/mol. The van der Waals surface area contributed by atoms with Crippen molar-refractivity contribution in [2.45, 2.75) is 62.0 Å². The molecule has 1 aliphatic heterocycles. The molecule has 1 heterocycles. The molecule has 2 unspecified atom stereocenters. The van der Waals surface area contributed by atoms with E-state index in [-0.39, 0.29) is 24.3 Å². The summed E-state index contributed by atoms with van der Waals surface area (Å²) >= 11 is 1.12. The molecule has 0 aromatic carbocycles. The molecule has 6 heteroatoms. The summed E-state index contributed by atoms with van der Waals surface area (Å²) in [6.07, 6.45) is 4.53. The van der Waals surface area contributed by atoms with Crippen molar-refractivity contribution in [3.8, 4) is 0 Å². The number of imide groups is 1. The largest absolute Gasteiger partial charge is 0.480 e. The van der Waals surface area contributed by atoms with Crippen molar-refractivity contribution in [1.82, 2.24) is 4.90 Å². The van der Waals surface area contributed by atoms with Crippen molar-refractivity contribution in [3.63, 3.8) is 0 Å². The summed E-state index contributed by atoms with van der Waals surface area (Å²) in [6, 6.07) is 0.0514. The third kappa shape index (κ3) is 2.94. The van der Waals surface area contributed by atoms with Crippen LogP contribution in [0, 0.1) is 0 Å². The number of hydrogen-bond donors (Lipinski definition) is 1. The van der Waals surface area contributed by atoms with Gasteiger partial charge >= 0.3 is 5.97 Å². The van der Waals surface area contributed by atoms with Gasteiger partial charge in [0.15, 0.2) is 0 Å². The van der Waals surface area contributed by atoms with Crippen molar-refractivity contribution >= 4 is 29.5 Å². The molecular weight excluding hydrogens is 266 g/mol. The first-order valence-corrected chi connectivity index (χ1v) is 7.73. The molecule has 2 atom stereocenters. The number of nitrogens with zero attached hydrogens (tertiary/aromatic N) is 1. The number of carboxylic acids is 1. The molecule has 5 nitrogen and oxygen atoms in total. The Bertz CT molecular complexity index is 392. The quantitative estimate of drug-likeness (QED) is 0.777. The fourth-order valence-corrected chi connectivity index (χ4v) is 3.98. The van der Waals surface area contributed by atoms with E-state index >= 15 is 0 Å². The Labute approximate surface area is 116 Å². The fraction of sp³-hybridized carbons (Fsp3) is 0.769. The highest BCUT2D eigenvalue weighted by atomic mass is 32.2. The van der Waals surface area contributed by atoms with Gasteiger partial charge in [-0.3, -0.25) is 19.3 Å². The molecule has 1 N–H and O–H groups in total. The highest BCUT2D eigenvalue weighted by Gasteiger charge is 2.44. The summed E-state index contributed by atoms with van der Waals surface area (Å²) < 4.78 is 0. The van der Waals surface area contributed by atoms with E-state index in [1.54, 1.807) is 6.92 Å². The number of carbonyl (C=O) groups excluding carboxylic acids is 2. The normalized spacial score (nSPS) is 26.2. The Morgan fingerprint density at radius 3 is 2.58 bits per heavy atom. The van der Waals surface area contributed by atoms with Gasteiger partial charge in [-0.15, -0.1) is 11.8 Å². The van der Waals surface area contributed by atoms with Gasteiger partial charge in [0.05, 0.1) is 5.25 Å². The van der Waals surface area contributed by atoms with E-state index in [1.165, 1.54) is 4.90 Å². The number of thioether (sulfide) groups is 1. The van der Waals surface area contributed by atoms with Crippen LogP contribution in [0.4, 0.5) is 0 Å². The summed E-state index contributed by atoms with van der Waals surface area (Å²) in [6.45, 7) is 1.78. The number of carboxylic acid groups (broad SMARTS) is 1. The summed E-state index contributed by atoms with van der Waals surface area (Å²) in [4.78, 5) is 36.6. The van der Waals surface area contributed by atoms with Crippen LogP contribution in [-0.2, 0) is 14.4 Å². The van der Waals surface area contributed by atoms with E-state index in [0.717, 1.165) is 37.4 Å². The maximum absolute atomic E-state index is 12.3. The number of aliphatic carboxylic acids is 1. The van der Waals surface area contributed by atoms with Gasteiger partial charge in [0.25, 0.3) is 0 Å². The predicted octanol–water partition coefficient (Wildman–Crippen LogP) is 1.65. The third-order valence-corrected chi connectivity index (χ3v) is 5.37. The van der Waals surface area contributed by atoms with Crippen LogP contribution in [-0.4, -0.2) is 44.3 Å². The first-order valence-electron chi connectivity index (χ1n) is 6.78. The lowest BCUT2D eigenvalue weighted by Crippen LogP contribution is -2.39. The Kier molecular flexibility index (Phi) is 4.50. The smallest absolute Gasteiger partial charge is 0.316 e. The second-order valence-electron chi connectivity index (χ2n) is 5.10. The minimum Gasteiger partial charge on any atom is -0.480 e. The second-order valence-corrected chi connectivity index (χ2v) is 6.51. The molecule has 0 aromatic heterocycles. The third-order valence-electron chi connectivity index (χ3n) is 3.81. The molecule has 0 bridgehead atoms. The van der Waals surface area contributed by atoms with E-state index in [2.05, 4.69) is 0 Å². The number of hydrogen-bond acceptors (Lipinski definition) is 4. The van der Waals surface area contributed by atoms with Crippen LogP contribution in [0.1, 0.15) is 45.4 Å². The number of rotatable bonds is 5. The Morgan fingerprint density at radius 2 is 2.05 bits per heavy atom. The predicted molar refractivity (Wildman–Crippen MR) is 71.8 cm³/mol. The SMILES string of the molecule is CCC(SC1CC(=O)N(C2CCCC2)C1=O)C(=O)O. The van der Waals surface area contributed by atoms with Gasteiger partial charge in [-0.2, -0.15) is 0 Å². The van der Waals surface area contributed by atoms with Gasteiger partial charge in [0, 0.05) is 12.5 Å². The van der Waals surface area contributed by atoms with E-state index < -0.39 is 16.5 Å². The molecule has 2 aliphatic rings. The fourth-order valence-electron chi connectivity index (χ4n) is 2.80. The Morgan fingerprint density at radius 1 is 1.42 bits per heavy atom. The minimum absolute atomic E-state index is 0.0514. The minimum atomic E-state index is -0.910. The lowest BCUT2D eigenvalue weighted by molar-refractivity contribution is -0.141. The molecule has 2 fully saturated rings. The molecule has 2 rings (SSSR count). The number of carbonyl (C=O) groups is 3. The average Bonchev–Trinajstić information content (AvgIpc) is 2.95. The standard InChI is InChI=1S/C13H19NO4S/c1-2-9(13(17)18)19-10-7-11(15)14(12(10)16)8-5-3-4-6-8/h8-10H,2-7H2,1H3,(H,17,18). The first-order chi connectivity index (χ1) is 9.04. The van der Waals surface area contributed by atoms with E-state index in [1.807, 2.05) is 0 Å². The lowest BCUT2D eigenvalue weighted by atomic mass is 10.2. The van der Waals surface area contributed by atoms with Gasteiger partial charge in [-0.25, -0.2) is 0 Å². The van der Waals surface area contributed by atoms with E-state index in [0.29, 0.717) is 6.42 Å². The summed E-state index contributed by atoms with van der Waals surface area (Å²) in [7, 11) is 0. The van der Waals surface area contributed by atoms with E-state index in [4.69, 9.17) is 5.11 Å². The van der Waals surface area contributed by atoms with Crippen molar-refractivity contribution in [3.05, 3.63) is 0 Å². The molecular formula is C13H19NO4S. The monoisotopic (exact) mass is 285 g/mol. The van der Waals surface area contributed by atoms with Crippen molar-refractivity contribution in [2.75, 3.05) is 0 Å². The highest BCUT2D eigenvalue weighted by molar-refractivity contribution is 8.01. The molecule has 0 radical (unpaired) electrons. The summed E-state index contributed by atoms with van der Waals surface area (Å²) in [5.74, 6) is -1.22. The summed E-state index contributed by atoms with van der Waals surface area (Å²) in [5.41, 5.74) is 0. The molecule has 1 saturated carbocycles. The summed E-state index contributed by atoms with van der Waals surface area (Å²) in [5, 5.41) is 7.92. The molecule has 1 aliphatic carbocycles. The molecule has 0 spiro atoms. The second kappa shape index (κ2) is 5.94. The highest BCUT2D eigenvalue weighted by Crippen LogP contribution is 2.34. The van der Waals surface area contributed by atoms with Crippen LogP contribution in [0.3, 0.4) is 0 Å². The van der Waals surface area contributed by atoms with Gasteiger partial charge in [0.2, 0.25) is 11.8 Å².